The first-order valence-corrected chi connectivity index (χ1v) is 9.51. The van der Waals surface area contributed by atoms with Gasteiger partial charge in [-0.2, -0.15) is 0 Å². The Morgan fingerprint density at radius 2 is 1.66 bits per heavy atom. The van der Waals surface area contributed by atoms with E-state index < -0.39 is 0 Å². The molecule has 8 heteroatoms. The van der Waals surface area contributed by atoms with Gasteiger partial charge in [-0.3, -0.25) is 9.59 Å². The van der Waals surface area contributed by atoms with Crippen LogP contribution in [0, 0.1) is 0 Å². The lowest BCUT2D eigenvalue weighted by molar-refractivity contribution is -0.116. The number of allylic oxidation sites excluding steroid dienone is 2. The number of ketones is 2. The van der Waals surface area contributed by atoms with Crippen LogP contribution in [0.3, 0.4) is 0 Å². The van der Waals surface area contributed by atoms with E-state index in [9.17, 15) is 9.59 Å². The summed E-state index contributed by atoms with van der Waals surface area (Å²) in [4.78, 5) is 35.8. The van der Waals surface area contributed by atoms with Gasteiger partial charge in [-0.05, 0) is 25.3 Å². The zero-order valence-electron chi connectivity index (χ0n) is 16.4. The summed E-state index contributed by atoms with van der Waals surface area (Å²) in [7, 11) is 3.09. The van der Waals surface area contributed by atoms with Gasteiger partial charge in [0.15, 0.2) is 11.5 Å². The molecule has 29 heavy (non-hydrogen) atoms. The molecule has 2 aliphatic rings. The summed E-state index contributed by atoms with van der Waals surface area (Å²) in [6.07, 6.45) is 7.38. The number of ether oxygens (including phenoxy) is 2. The first-order chi connectivity index (χ1) is 14.1. The predicted molar refractivity (Wildman–Crippen MR) is 108 cm³/mol. The maximum atomic E-state index is 12.7. The Morgan fingerprint density at radius 1 is 0.931 bits per heavy atom. The molecule has 1 aromatic carbocycles. The largest absolute Gasteiger partial charge is 0.493 e. The fourth-order valence-corrected chi connectivity index (χ4v) is 3.64. The van der Waals surface area contributed by atoms with Gasteiger partial charge in [-0.25, -0.2) is 9.97 Å². The number of methoxy groups -OCH3 is 2. The molecule has 8 nitrogen and oxygen atoms in total. The van der Waals surface area contributed by atoms with Gasteiger partial charge in [-0.1, -0.05) is 0 Å². The molecular weight excluding hydrogens is 372 g/mol. The molecule has 2 aromatic rings. The third-order valence-electron chi connectivity index (χ3n) is 5.15. The van der Waals surface area contributed by atoms with Crippen molar-refractivity contribution in [1.29, 1.82) is 0 Å². The van der Waals surface area contributed by atoms with E-state index in [1.807, 2.05) is 4.90 Å². The Hall–Kier alpha value is -3.42. The number of anilines is 1. The minimum absolute atomic E-state index is 0.174. The van der Waals surface area contributed by atoms with Crippen molar-refractivity contribution in [1.82, 2.24) is 14.9 Å². The molecule has 1 saturated heterocycles. The predicted octanol–water partition coefficient (Wildman–Crippen LogP) is 2.46. The Balaban J connectivity index is 1.63. The van der Waals surface area contributed by atoms with E-state index in [2.05, 4.69) is 15.3 Å². The minimum atomic E-state index is -0.252. The summed E-state index contributed by atoms with van der Waals surface area (Å²) >= 11 is 0. The molecule has 0 spiro atoms. The molecule has 1 N–H and O–H groups in total. The molecule has 1 fully saturated rings. The van der Waals surface area contributed by atoms with Crippen LogP contribution in [0.1, 0.15) is 19.3 Å². The number of fused-ring (bicyclic) bond motifs is 1. The summed E-state index contributed by atoms with van der Waals surface area (Å²) in [5.74, 6) is 1.05. The number of hydrogen-bond acceptors (Lipinski definition) is 8. The average molecular weight is 394 g/mol. The minimum Gasteiger partial charge on any atom is -0.493 e. The van der Waals surface area contributed by atoms with E-state index in [0.717, 1.165) is 32.4 Å². The van der Waals surface area contributed by atoms with E-state index >= 15 is 0 Å². The number of piperidine rings is 1. The molecule has 4 rings (SSSR count). The topological polar surface area (TPSA) is 93.7 Å². The fraction of sp³-hybridized carbons (Fsp3) is 0.333. The van der Waals surface area contributed by atoms with Gasteiger partial charge in [0.1, 0.15) is 12.1 Å². The van der Waals surface area contributed by atoms with Gasteiger partial charge >= 0.3 is 0 Å². The second-order valence-electron chi connectivity index (χ2n) is 6.94. The average Bonchev–Trinajstić information content (AvgIpc) is 2.75. The van der Waals surface area contributed by atoms with Crippen molar-refractivity contribution in [3.63, 3.8) is 0 Å². The van der Waals surface area contributed by atoms with Crippen LogP contribution in [-0.4, -0.2) is 53.7 Å². The summed E-state index contributed by atoms with van der Waals surface area (Å²) in [6, 6.07) is 3.47. The van der Waals surface area contributed by atoms with Crippen molar-refractivity contribution < 1.29 is 19.1 Å². The van der Waals surface area contributed by atoms with Crippen molar-refractivity contribution >= 4 is 28.3 Å². The van der Waals surface area contributed by atoms with E-state index in [4.69, 9.17) is 9.47 Å². The van der Waals surface area contributed by atoms with Crippen LogP contribution in [0.15, 0.2) is 42.0 Å². The van der Waals surface area contributed by atoms with Gasteiger partial charge in [0, 0.05) is 36.7 Å². The number of rotatable bonds is 5. The highest BCUT2D eigenvalue weighted by molar-refractivity contribution is 6.21. The van der Waals surface area contributed by atoms with E-state index in [1.165, 1.54) is 18.5 Å². The van der Waals surface area contributed by atoms with Crippen LogP contribution in [0.4, 0.5) is 5.82 Å². The molecule has 1 aliphatic carbocycles. The molecule has 2 heterocycles. The van der Waals surface area contributed by atoms with Gasteiger partial charge in [0.25, 0.3) is 0 Å². The maximum absolute atomic E-state index is 12.7. The van der Waals surface area contributed by atoms with Gasteiger partial charge < -0.3 is 19.7 Å². The highest BCUT2D eigenvalue weighted by Gasteiger charge is 2.26. The third kappa shape index (κ3) is 3.65. The molecule has 0 saturated carbocycles. The number of nitrogens with one attached hydrogen (secondary N) is 1. The zero-order valence-corrected chi connectivity index (χ0v) is 16.4. The number of aromatic nitrogens is 2. The summed E-state index contributed by atoms with van der Waals surface area (Å²) in [6.45, 7) is 1.61. The Labute approximate surface area is 168 Å². The highest BCUT2D eigenvalue weighted by Crippen LogP contribution is 2.34. The Morgan fingerprint density at radius 3 is 2.38 bits per heavy atom. The van der Waals surface area contributed by atoms with Crippen LogP contribution in [0.2, 0.25) is 0 Å². The van der Waals surface area contributed by atoms with Crippen LogP contribution >= 0.6 is 0 Å². The normalized spacial score (nSPS) is 17.1. The first kappa shape index (κ1) is 18.9. The standard InChI is InChI=1S/C21H22N4O4/c1-28-19-8-13-14(10-20(19)29-2)22-12-23-21(13)24-15-9-18(27)16(11-17(15)26)25-6-4-3-5-7-25/h8-12H,3-7H2,1-2H3,(H,22,23,24). The number of benzene rings is 1. The fourth-order valence-electron chi connectivity index (χ4n) is 3.64. The Kier molecular flexibility index (Phi) is 5.16. The van der Waals surface area contributed by atoms with Crippen LogP contribution in [0.25, 0.3) is 10.9 Å². The van der Waals surface area contributed by atoms with Gasteiger partial charge in [0.2, 0.25) is 11.6 Å². The van der Waals surface area contributed by atoms with Crippen molar-refractivity contribution in [3.05, 3.63) is 42.0 Å². The number of hydrogen-bond donors (Lipinski definition) is 1. The van der Waals surface area contributed by atoms with Crippen LogP contribution < -0.4 is 14.8 Å². The monoisotopic (exact) mass is 394 g/mol. The number of nitrogens with zero attached hydrogens (tertiary/aromatic N) is 3. The molecule has 0 amide bonds. The number of likely N-dealkylation sites (tertiary alicyclic amines) is 1. The summed E-state index contributed by atoms with van der Waals surface area (Å²) in [5.41, 5.74) is 1.28. The lowest BCUT2D eigenvalue weighted by atomic mass is 10.0. The highest BCUT2D eigenvalue weighted by atomic mass is 16.5. The zero-order chi connectivity index (χ0) is 20.4. The summed E-state index contributed by atoms with van der Waals surface area (Å²) < 4.78 is 10.7. The SMILES string of the molecule is COc1cc2ncnc(NC3=CC(=O)C(N4CCCCC4)=CC3=O)c2cc1OC. The second kappa shape index (κ2) is 7.90. The lowest BCUT2D eigenvalue weighted by Crippen LogP contribution is -2.34. The Bertz CT molecular complexity index is 1040. The van der Waals surface area contributed by atoms with Crippen molar-refractivity contribution in [2.45, 2.75) is 19.3 Å². The maximum Gasteiger partial charge on any atom is 0.204 e. The quantitative estimate of drug-likeness (QED) is 0.773. The van der Waals surface area contributed by atoms with E-state index in [0.29, 0.717) is 33.9 Å². The molecule has 150 valence electrons. The van der Waals surface area contributed by atoms with Crippen molar-refractivity contribution in [3.8, 4) is 11.5 Å². The first-order valence-electron chi connectivity index (χ1n) is 9.51. The molecule has 0 bridgehead atoms. The molecule has 0 atom stereocenters. The smallest absolute Gasteiger partial charge is 0.204 e. The molecular formula is C21H22N4O4. The molecule has 0 radical (unpaired) electrons. The van der Waals surface area contributed by atoms with Crippen LogP contribution in [-0.2, 0) is 9.59 Å². The third-order valence-corrected chi connectivity index (χ3v) is 5.15. The second-order valence-corrected chi connectivity index (χ2v) is 6.94. The van der Waals surface area contributed by atoms with Gasteiger partial charge in [0.05, 0.1) is 31.1 Å². The van der Waals surface area contributed by atoms with Crippen molar-refractivity contribution in [2.75, 3.05) is 32.6 Å². The molecule has 1 aromatic heterocycles. The van der Waals surface area contributed by atoms with Crippen LogP contribution in [0.5, 0.6) is 11.5 Å². The lowest BCUT2D eigenvalue weighted by Gasteiger charge is -2.30. The number of carbonyl (C=O) groups excluding carboxylic acids is 2. The number of carbonyl (C=O) groups is 2. The van der Waals surface area contributed by atoms with Crippen molar-refractivity contribution in [2.24, 2.45) is 0 Å². The van der Waals surface area contributed by atoms with E-state index in [1.54, 1.807) is 26.4 Å². The summed E-state index contributed by atoms with van der Waals surface area (Å²) in [5, 5.41) is 3.65. The van der Waals surface area contributed by atoms with Gasteiger partial charge in [-0.15, -0.1) is 0 Å². The van der Waals surface area contributed by atoms with E-state index in [-0.39, 0.29) is 17.3 Å². The molecule has 1 aliphatic heterocycles. The molecule has 0 unspecified atom stereocenters.